The number of unbranched alkanes of at least 4 members (excludes halogenated alkanes) is 2. The van der Waals surface area contributed by atoms with Crippen molar-refractivity contribution in [1.29, 1.82) is 0 Å². The predicted octanol–water partition coefficient (Wildman–Crippen LogP) is 6.24. The van der Waals surface area contributed by atoms with Crippen LogP contribution in [0.4, 0.5) is 0 Å². The minimum atomic E-state index is -0.950. The van der Waals surface area contributed by atoms with Crippen molar-refractivity contribution in [2.45, 2.75) is 89.6 Å². The van der Waals surface area contributed by atoms with Crippen molar-refractivity contribution in [2.24, 2.45) is 17.3 Å². The Hall–Kier alpha value is -2.51. The van der Waals surface area contributed by atoms with Gasteiger partial charge in [0.1, 0.15) is 5.60 Å². The Labute approximate surface area is 208 Å². The van der Waals surface area contributed by atoms with Crippen molar-refractivity contribution in [2.75, 3.05) is 6.79 Å². The van der Waals surface area contributed by atoms with Crippen LogP contribution in [0.1, 0.15) is 89.5 Å². The highest BCUT2D eigenvalue weighted by atomic mass is 16.7. The molecule has 1 aliphatic heterocycles. The topological polar surface area (TPSA) is 55.8 Å². The van der Waals surface area contributed by atoms with E-state index in [0.29, 0.717) is 18.3 Å². The summed E-state index contributed by atoms with van der Waals surface area (Å²) in [5.74, 6) is 9.64. The van der Waals surface area contributed by atoms with Crippen LogP contribution in [-0.2, 0) is 4.79 Å². The molecule has 1 heterocycles. The van der Waals surface area contributed by atoms with E-state index in [1.165, 1.54) is 22.3 Å². The van der Waals surface area contributed by atoms with E-state index in [-0.39, 0.29) is 23.9 Å². The van der Waals surface area contributed by atoms with Gasteiger partial charge in [-0.05, 0) is 91.7 Å². The van der Waals surface area contributed by atoms with Gasteiger partial charge in [-0.25, -0.2) is 0 Å². The molecule has 0 spiro atoms. The van der Waals surface area contributed by atoms with Crippen molar-refractivity contribution in [1.82, 2.24) is 0 Å². The minimum Gasteiger partial charge on any atom is -0.454 e. The second-order valence-corrected chi connectivity index (χ2v) is 11.4. The molecule has 2 saturated carbocycles. The second kappa shape index (κ2) is 8.56. The second-order valence-electron chi connectivity index (χ2n) is 11.4. The number of carbonyl (C=O) groups is 1. The van der Waals surface area contributed by atoms with E-state index in [1.807, 2.05) is 12.1 Å². The third-order valence-corrected chi connectivity index (χ3v) is 9.64. The molecule has 2 fully saturated rings. The lowest BCUT2D eigenvalue weighted by molar-refractivity contribution is -0.114. The van der Waals surface area contributed by atoms with Crippen molar-refractivity contribution < 1.29 is 19.4 Å². The number of ether oxygens (including phenoxy) is 2. The quantitative estimate of drug-likeness (QED) is 0.418. The molecular formula is C31H36O4. The van der Waals surface area contributed by atoms with Crippen LogP contribution in [0.5, 0.6) is 11.5 Å². The van der Waals surface area contributed by atoms with E-state index in [1.54, 1.807) is 0 Å². The van der Waals surface area contributed by atoms with Gasteiger partial charge in [0.25, 0.3) is 0 Å². The van der Waals surface area contributed by atoms with Crippen molar-refractivity contribution in [3.63, 3.8) is 0 Å². The smallest absolute Gasteiger partial charge is 0.231 e. The number of rotatable bonds is 3. The average Bonchev–Trinajstić information content (AvgIpc) is 3.43. The van der Waals surface area contributed by atoms with Gasteiger partial charge in [0.2, 0.25) is 6.79 Å². The number of allylic oxidation sites excluding steroid dienone is 4. The highest BCUT2D eigenvalue weighted by Crippen LogP contribution is 2.66. The Kier molecular flexibility index (Phi) is 5.60. The van der Waals surface area contributed by atoms with E-state index in [2.05, 4.69) is 37.8 Å². The SMILES string of the molecule is CCCCC#CC1(O)CCC2C3CCC4=CC(=O)CCC4=C3C(c3ccc4c(c3)OCO4)CC21C. The fourth-order valence-electron chi connectivity index (χ4n) is 7.77. The summed E-state index contributed by atoms with van der Waals surface area (Å²) in [5.41, 5.74) is 4.22. The van der Waals surface area contributed by atoms with Gasteiger partial charge in [-0.2, -0.15) is 0 Å². The van der Waals surface area contributed by atoms with Gasteiger partial charge >= 0.3 is 0 Å². The first-order chi connectivity index (χ1) is 16.9. The van der Waals surface area contributed by atoms with Gasteiger partial charge in [-0.3, -0.25) is 4.79 Å². The minimum absolute atomic E-state index is 0.185. The molecule has 1 aromatic rings. The molecule has 5 unspecified atom stereocenters. The maximum atomic E-state index is 12.2. The molecule has 0 radical (unpaired) electrons. The van der Waals surface area contributed by atoms with Crippen molar-refractivity contribution >= 4 is 5.78 Å². The van der Waals surface area contributed by atoms with Gasteiger partial charge in [0.15, 0.2) is 17.3 Å². The summed E-state index contributed by atoms with van der Waals surface area (Å²) in [6, 6.07) is 6.36. The molecule has 35 heavy (non-hydrogen) atoms. The number of aliphatic hydroxyl groups is 1. The van der Waals surface area contributed by atoms with E-state index < -0.39 is 5.60 Å². The molecule has 4 aliphatic carbocycles. The number of benzene rings is 1. The molecule has 1 N–H and O–H groups in total. The summed E-state index contributed by atoms with van der Waals surface area (Å²) in [6.45, 7) is 4.75. The van der Waals surface area contributed by atoms with Gasteiger partial charge in [-0.1, -0.05) is 37.8 Å². The maximum Gasteiger partial charge on any atom is 0.231 e. The maximum absolute atomic E-state index is 12.2. The van der Waals surface area contributed by atoms with Crippen LogP contribution in [0, 0.1) is 29.1 Å². The summed E-state index contributed by atoms with van der Waals surface area (Å²) < 4.78 is 11.3. The lowest BCUT2D eigenvalue weighted by atomic mass is 9.51. The fraction of sp³-hybridized carbons (Fsp3) is 0.581. The summed E-state index contributed by atoms with van der Waals surface area (Å²) in [4.78, 5) is 12.2. The zero-order valence-electron chi connectivity index (χ0n) is 21.0. The molecule has 1 aromatic carbocycles. The lowest BCUT2D eigenvalue weighted by Gasteiger charge is -2.53. The molecule has 0 bridgehead atoms. The molecular weight excluding hydrogens is 436 g/mol. The van der Waals surface area contributed by atoms with E-state index in [0.717, 1.165) is 69.3 Å². The summed E-state index contributed by atoms with van der Waals surface area (Å²) in [6.07, 6.45) is 11.1. The average molecular weight is 473 g/mol. The number of ketones is 1. The summed E-state index contributed by atoms with van der Waals surface area (Å²) in [5, 5.41) is 12.0. The zero-order chi connectivity index (χ0) is 24.2. The van der Waals surface area contributed by atoms with Gasteiger partial charge in [0.05, 0.1) is 0 Å². The van der Waals surface area contributed by atoms with Crippen LogP contribution in [0.25, 0.3) is 0 Å². The molecule has 5 atom stereocenters. The largest absolute Gasteiger partial charge is 0.454 e. The van der Waals surface area contributed by atoms with Crippen LogP contribution >= 0.6 is 0 Å². The van der Waals surface area contributed by atoms with Gasteiger partial charge in [-0.15, -0.1) is 5.92 Å². The predicted molar refractivity (Wildman–Crippen MR) is 135 cm³/mol. The normalized spacial score (nSPS) is 35.0. The summed E-state index contributed by atoms with van der Waals surface area (Å²) >= 11 is 0. The van der Waals surface area contributed by atoms with Crippen LogP contribution in [-0.4, -0.2) is 23.3 Å². The van der Waals surface area contributed by atoms with Crippen molar-refractivity contribution in [3.05, 3.63) is 46.6 Å². The third-order valence-electron chi connectivity index (χ3n) is 9.64. The molecule has 0 amide bonds. The Morgan fingerprint density at radius 3 is 2.86 bits per heavy atom. The third kappa shape index (κ3) is 3.58. The lowest BCUT2D eigenvalue weighted by Crippen LogP contribution is -2.51. The van der Waals surface area contributed by atoms with Crippen molar-refractivity contribution in [3.8, 4) is 23.3 Å². The van der Waals surface area contributed by atoms with E-state index in [4.69, 9.17) is 9.47 Å². The zero-order valence-corrected chi connectivity index (χ0v) is 21.0. The Balaban J connectivity index is 1.47. The number of carbonyl (C=O) groups excluding carboxylic acids is 1. The Bertz CT molecular complexity index is 1180. The molecule has 5 aliphatic rings. The number of fused-ring (bicyclic) bond motifs is 5. The molecule has 6 rings (SSSR count). The van der Waals surface area contributed by atoms with E-state index >= 15 is 0 Å². The molecule has 4 nitrogen and oxygen atoms in total. The van der Waals surface area contributed by atoms with Crippen LogP contribution in [0.3, 0.4) is 0 Å². The monoisotopic (exact) mass is 472 g/mol. The molecule has 184 valence electrons. The fourth-order valence-corrected chi connectivity index (χ4v) is 7.77. The first-order valence-electron chi connectivity index (χ1n) is 13.5. The number of hydrogen-bond acceptors (Lipinski definition) is 4. The first-order valence-corrected chi connectivity index (χ1v) is 13.5. The molecule has 4 heteroatoms. The van der Waals surface area contributed by atoms with Crippen LogP contribution in [0.15, 0.2) is 41.0 Å². The summed E-state index contributed by atoms with van der Waals surface area (Å²) in [7, 11) is 0. The highest BCUT2D eigenvalue weighted by molar-refractivity contribution is 5.93. The van der Waals surface area contributed by atoms with Crippen LogP contribution in [0.2, 0.25) is 0 Å². The van der Waals surface area contributed by atoms with Gasteiger partial charge < -0.3 is 14.6 Å². The van der Waals surface area contributed by atoms with Crippen LogP contribution < -0.4 is 9.47 Å². The first kappa shape index (κ1) is 22.9. The Morgan fingerprint density at radius 1 is 1.14 bits per heavy atom. The van der Waals surface area contributed by atoms with E-state index in [9.17, 15) is 9.90 Å². The number of hydrogen-bond donors (Lipinski definition) is 1. The standard InChI is InChI=1S/C31H36O4/c1-3-4-5-6-14-31(33)15-13-26-24-10-7-20-16-22(32)9-11-23(20)29(24)25(18-30(26,31)2)21-8-12-27-28(17-21)35-19-34-27/h8,12,16-17,24-26,33H,3-5,7,9-11,13,15,18-19H2,1-2H3. The highest BCUT2D eigenvalue weighted by Gasteiger charge is 2.62. The molecule has 0 saturated heterocycles. The van der Waals surface area contributed by atoms with Gasteiger partial charge in [0, 0.05) is 24.2 Å². The molecule has 0 aromatic heterocycles. The Morgan fingerprint density at radius 2 is 2.00 bits per heavy atom.